The Bertz CT molecular complexity index is 566. The fraction of sp³-hybridized carbons (Fsp3) is 0.455. The van der Waals surface area contributed by atoms with E-state index in [1.165, 1.54) is 0 Å². The molecule has 1 aromatic heterocycles. The minimum atomic E-state index is -4.53. The van der Waals surface area contributed by atoms with E-state index in [2.05, 4.69) is 20.6 Å². The molecule has 0 aromatic carbocycles. The number of alkyl halides is 3. The van der Waals surface area contributed by atoms with Crippen LogP contribution in [0.15, 0.2) is 17.3 Å². The summed E-state index contributed by atoms with van der Waals surface area (Å²) in [5, 5.41) is 8.31. The third kappa shape index (κ3) is 2.72. The fourth-order valence-corrected chi connectivity index (χ4v) is 2.46. The van der Waals surface area contributed by atoms with Crippen LogP contribution in [0, 0.1) is 0 Å². The first-order valence-electron chi connectivity index (χ1n) is 5.91. The lowest BCUT2D eigenvalue weighted by Gasteiger charge is -2.12. The Morgan fingerprint density at radius 1 is 1.45 bits per heavy atom. The molecule has 9 heteroatoms. The van der Waals surface area contributed by atoms with E-state index in [4.69, 9.17) is 0 Å². The van der Waals surface area contributed by atoms with E-state index in [-0.39, 0.29) is 17.8 Å². The van der Waals surface area contributed by atoms with Crippen molar-refractivity contribution < 1.29 is 22.8 Å². The highest BCUT2D eigenvalue weighted by atomic mass is 32.1. The molecule has 1 amide bonds. The minimum absolute atomic E-state index is 0.0113. The Morgan fingerprint density at radius 2 is 2.20 bits per heavy atom. The number of hydrogen-bond acceptors (Lipinski definition) is 5. The third-order valence-corrected chi connectivity index (χ3v) is 3.88. The number of nitrogens with one attached hydrogen (secondary N) is 2. The third-order valence-electron chi connectivity index (χ3n) is 2.79. The van der Waals surface area contributed by atoms with Crippen molar-refractivity contribution in [1.29, 1.82) is 0 Å². The Labute approximate surface area is 115 Å². The average molecular weight is 305 g/mol. The molecule has 5 nitrogen and oxygen atoms in total. The summed E-state index contributed by atoms with van der Waals surface area (Å²) in [7, 11) is 0. The molecule has 1 aliphatic carbocycles. The maximum atomic E-state index is 12.4. The predicted octanol–water partition coefficient (Wildman–Crippen LogP) is 1.81. The smallest absolute Gasteiger partial charge is 0.359 e. The maximum Gasteiger partial charge on any atom is 0.448 e. The molecule has 0 spiro atoms. The van der Waals surface area contributed by atoms with Gasteiger partial charge in [0.2, 0.25) is 0 Å². The zero-order valence-electron chi connectivity index (χ0n) is 10.0. The first kappa shape index (κ1) is 13.2. The van der Waals surface area contributed by atoms with Crippen LogP contribution < -0.4 is 10.6 Å². The van der Waals surface area contributed by atoms with Gasteiger partial charge in [-0.3, -0.25) is 4.79 Å². The number of carbonyl (C=O) groups excluding carboxylic acids is 1. The van der Waals surface area contributed by atoms with E-state index in [1.54, 1.807) is 12.1 Å². The molecule has 1 saturated carbocycles. The highest BCUT2D eigenvalue weighted by Gasteiger charge is 2.46. The minimum Gasteiger partial charge on any atom is -0.359 e. The van der Waals surface area contributed by atoms with Crippen LogP contribution >= 0.6 is 11.3 Å². The Morgan fingerprint density at radius 3 is 2.80 bits per heavy atom. The first-order chi connectivity index (χ1) is 9.43. The molecule has 0 saturated heterocycles. The SMILES string of the molecule is O=C(NC1CC1)c1ccc(C2=NOC(C(F)(F)F)N2)s1. The van der Waals surface area contributed by atoms with E-state index in [1.807, 2.05) is 0 Å². The van der Waals surface area contributed by atoms with E-state index in [9.17, 15) is 18.0 Å². The van der Waals surface area contributed by atoms with Crippen molar-refractivity contribution in [2.24, 2.45) is 5.16 Å². The highest BCUT2D eigenvalue weighted by molar-refractivity contribution is 7.16. The topological polar surface area (TPSA) is 62.7 Å². The first-order valence-corrected chi connectivity index (χ1v) is 6.73. The zero-order valence-corrected chi connectivity index (χ0v) is 10.8. The number of amides is 1. The van der Waals surface area contributed by atoms with Gasteiger partial charge in [0.1, 0.15) is 0 Å². The van der Waals surface area contributed by atoms with E-state index in [0.717, 1.165) is 24.2 Å². The Hall–Kier alpha value is -1.77. The summed E-state index contributed by atoms with van der Waals surface area (Å²) in [6, 6.07) is 3.33. The van der Waals surface area contributed by atoms with Crippen LogP contribution in [0.2, 0.25) is 0 Å². The lowest BCUT2D eigenvalue weighted by Crippen LogP contribution is -2.41. The normalized spacial score (nSPS) is 21.9. The van der Waals surface area contributed by atoms with Gasteiger partial charge in [-0.25, -0.2) is 0 Å². The van der Waals surface area contributed by atoms with Gasteiger partial charge in [-0.15, -0.1) is 11.3 Å². The van der Waals surface area contributed by atoms with Gasteiger partial charge in [0.15, 0.2) is 5.84 Å². The van der Waals surface area contributed by atoms with E-state index < -0.39 is 12.4 Å². The Balaban J connectivity index is 1.66. The fourth-order valence-electron chi connectivity index (χ4n) is 1.61. The van der Waals surface area contributed by atoms with Crippen molar-refractivity contribution in [2.75, 3.05) is 0 Å². The number of oxime groups is 1. The second kappa shape index (κ2) is 4.65. The lowest BCUT2D eigenvalue weighted by molar-refractivity contribution is -0.218. The predicted molar refractivity (Wildman–Crippen MR) is 65.4 cm³/mol. The van der Waals surface area contributed by atoms with E-state index in [0.29, 0.717) is 9.75 Å². The van der Waals surface area contributed by atoms with Crippen molar-refractivity contribution in [1.82, 2.24) is 10.6 Å². The number of hydrogen-bond donors (Lipinski definition) is 2. The van der Waals surface area contributed by atoms with Crippen molar-refractivity contribution in [2.45, 2.75) is 31.3 Å². The number of halogens is 3. The van der Waals surface area contributed by atoms with Gasteiger partial charge in [0, 0.05) is 6.04 Å². The van der Waals surface area contributed by atoms with Crippen molar-refractivity contribution in [3.05, 3.63) is 21.9 Å². The molecule has 0 radical (unpaired) electrons. The summed E-state index contributed by atoms with van der Waals surface area (Å²) in [5.41, 5.74) is 0. The van der Waals surface area contributed by atoms with Crippen molar-refractivity contribution in [3.63, 3.8) is 0 Å². The van der Waals surface area contributed by atoms with Crippen LogP contribution in [-0.2, 0) is 4.84 Å². The van der Waals surface area contributed by atoms with Gasteiger partial charge in [-0.2, -0.15) is 13.2 Å². The van der Waals surface area contributed by atoms with Crippen molar-refractivity contribution >= 4 is 23.1 Å². The zero-order chi connectivity index (χ0) is 14.3. The number of amidine groups is 1. The van der Waals surface area contributed by atoms with Crippen LogP contribution in [-0.4, -0.2) is 30.2 Å². The molecule has 20 heavy (non-hydrogen) atoms. The molecular weight excluding hydrogens is 295 g/mol. The molecule has 0 bridgehead atoms. The molecule has 1 aromatic rings. The summed E-state index contributed by atoms with van der Waals surface area (Å²) in [6.07, 6.45) is -4.73. The highest BCUT2D eigenvalue weighted by Crippen LogP contribution is 2.27. The number of nitrogens with zero attached hydrogens (tertiary/aromatic N) is 1. The van der Waals surface area contributed by atoms with Gasteiger partial charge >= 0.3 is 6.18 Å². The molecular formula is C11H10F3N3O2S. The standard InChI is InChI=1S/C11H10F3N3O2S/c12-11(13,14)10-16-8(17-19-10)6-3-4-7(20-6)9(18)15-5-1-2-5/h3-5,10H,1-2H2,(H,15,18)(H,16,17). The molecule has 3 rings (SSSR count). The molecule has 108 valence electrons. The second-order valence-electron chi connectivity index (χ2n) is 4.52. The molecule has 1 atom stereocenters. The van der Waals surface area contributed by atoms with Gasteiger partial charge < -0.3 is 15.5 Å². The maximum absolute atomic E-state index is 12.4. The molecule has 2 heterocycles. The molecule has 2 N–H and O–H groups in total. The van der Waals surface area contributed by atoms with Gasteiger partial charge in [0.25, 0.3) is 12.1 Å². The van der Waals surface area contributed by atoms with Crippen molar-refractivity contribution in [3.8, 4) is 0 Å². The molecule has 1 fully saturated rings. The summed E-state index contributed by atoms with van der Waals surface area (Å²) in [4.78, 5) is 16.9. The monoisotopic (exact) mass is 305 g/mol. The quantitative estimate of drug-likeness (QED) is 0.895. The van der Waals surface area contributed by atoms with Crippen LogP contribution in [0.3, 0.4) is 0 Å². The molecule has 1 aliphatic heterocycles. The molecule has 1 unspecified atom stereocenters. The number of carbonyl (C=O) groups is 1. The summed E-state index contributed by atoms with van der Waals surface area (Å²) < 4.78 is 37.2. The molecule has 2 aliphatic rings. The van der Waals surface area contributed by atoms with Crippen LogP contribution in [0.1, 0.15) is 27.4 Å². The largest absolute Gasteiger partial charge is 0.448 e. The van der Waals surface area contributed by atoms with Gasteiger partial charge in [0.05, 0.1) is 9.75 Å². The Kier molecular flexibility index (Phi) is 3.08. The number of thiophene rings is 1. The van der Waals surface area contributed by atoms with Gasteiger partial charge in [-0.1, -0.05) is 5.16 Å². The van der Waals surface area contributed by atoms with E-state index >= 15 is 0 Å². The summed E-state index contributed by atoms with van der Waals surface area (Å²) in [5.74, 6) is -0.224. The summed E-state index contributed by atoms with van der Waals surface area (Å²) >= 11 is 1.07. The summed E-state index contributed by atoms with van der Waals surface area (Å²) in [6.45, 7) is 0. The average Bonchev–Trinajstić information content (AvgIpc) is 2.91. The van der Waals surface area contributed by atoms with Crippen LogP contribution in [0.4, 0.5) is 13.2 Å². The van der Waals surface area contributed by atoms with Crippen LogP contribution in [0.5, 0.6) is 0 Å². The second-order valence-corrected chi connectivity index (χ2v) is 5.61. The van der Waals surface area contributed by atoms with Crippen LogP contribution in [0.25, 0.3) is 0 Å². The lowest BCUT2D eigenvalue weighted by atomic mass is 10.4. The number of rotatable bonds is 3. The van der Waals surface area contributed by atoms with Gasteiger partial charge in [-0.05, 0) is 25.0 Å².